The normalized spacial score (nSPS) is 33.9. The van der Waals surface area contributed by atoms with Crippen LogP contribution in [0.4, 0.5) is 0 Å². The number of ether oxygens (including phenoxy) is 1. The van der Waals surface area contributed by atoms with Crippen molar-refractivity contribution in [3.63, 3.8) is 0 Å². The Morgan fingerprint density at radius 2 is 1.68 bits per heavy atom. The molecule has 0 radical (unpaired) electrons. The van der Waals surface area contributed by atoms with Crippen molar-refractivity contribution in [3.05, 3.63) is 29.8 Å². The number of methoxy groups -OCH3 is 1. The second kappa shape index (κ2) is 6.64. The van der Waals surface area contributed by atoms with Crippen LogP contribution >= 0.6 is 0 Å². The number of amides is 1. The molecule has 136 valence electrons. The molecule has 4 saturated carbocycles. The van der Waals surface area contributed by atoms with E-state index in [1.165, 1.54) is 49.0 Å². The molecule has 1 unspecified atom stereocenters. The fraction of sp³-hybridized carbons (Fsp3) is 0.667. The van der Waals surface area contributed by atoms with Gasteiger partial charge < -0.3 is 15.0 Å². The van der Waals surface area contributed by atoms with Crippen LogP contribution in [0, 0.1) is 17.8 Å². The van der Waals surface area contributed by atoms with Crippen molar-refractivity contribution in [2.45, 2.75) is 50.6 Å². The number of benzene rings is 1. The van der Waals surface area contributed by atoms with Gasteiger partial charge in [0.15, 0.2) is 6.54 Å². The summed E-state index contributed by atoms with van der Waals surface area (Å²) < 4.78 is 5.20. The van der Waals surface area contributed by atoms with Crippen LogP contribution in [0.25, 0.3) is 0 Å². The van der Waals surface area contributed by atoms with Crippen LogP contribution in [0.5, 0.6) is 5.75 Å². The molecular formula is C21H31N2O2+. The van der Waals surface area contributed by atoms with Crippen molar-refractivity contribution in [2.24, 2.45) is 17.8 Å². The van der Waals surface area contributed by atoms with Crippen LogP contribution in [0.1, 0.15) is 44.1 Å². The zero-order valence-corrected chi connectivity index (χ0v) is 15.5. The van der Waals surface area contributed by atoms with Crippen LogP contribution in [0.2, 0.25) is 0 Å². The molecule has 1 amide bonds. The first-order chi connectivity index (χ1) is 12.0. The van der Waals surface area contributed by atoms with Crippen LogP contribution < -0.4 is 15.0 Å². The second-order valence-electron chi connectivity index (χ2n) is 8.90. The first-order valence-electron chi connectivity index (χ1n) is 9.79. The third kappa shape index (κ3) is 3.69. The van der Waals surface area contributed by atoms with Gasteiger partial charge in [0, 0.05) is 11.1 Å². The predicted octanol–water partition coefficient (Wildman–Crippen LogP) is 1.79. The lowest BCUT2D eigenvalue weighted by Crippen LogP contribution is -3.09. The molecular weight excluding hydrogens is 312 g/mol. The van der Waals surface area contributed by atoms with E-state index in [4.69, 9.17) is 4.74 Å². The minimum atomic E-state index is 0.131. The van der Waals surface area contributed by atoms with Crippen LogP contribution in [-0.2, 0) is 11.3 Å². The third-order valence-electron chi connectivity index (χ3n) is 6.57. The molecule has 4 heteroatoms. The highest BCUT2D eigenvalue weighted by Gasteiger charge is 2.51. The third-order valence-corrected chi connectivity index (χ3v) is 6.57. The lowest BCUT2D eigenvalue weighted by Gasteiger charge is -2.56. The summed E-state index contributed by atoms with van der Waals surface area (Å²) in [7, 11) is 3.78. The van der Waals surface area contributed by atoms with Gasteiger partial charge in [0.05, 0.1) is 14.2 Å². The molecule has 0 spiro atoms. The Hall–Kier alpha value is -1.55. The maximum Gasteiger partial charge on any atom is 0.275 e. The molecule has 1 aromatic carbocycles. The number of carbonyl (C=O) groups excluding carboxylic acids is 1. The van der Waals surface area contributed by atoms with Crippen LogP contribution in [0.15, 0.2) is 24.3 Å². The van der Waals surface area contributed by atoms with Crippen molar-refractivity contribution >= 4 is 5.91 Å². The maximum absolute atomic E-state index is 12.7. The summed E-state index contributed by atoms with van der Waals surface area (Å²) in [4.78, 5) is 13.9. The summed E-state index contributed by atoms with van der Waals surface area (Å²) >= 11 is 0. The average molecular weight is 343 g/mol. The minimum Gasteiger partial charge on any atom is -0.497 e. The molecule has 1 atom stereocenters. The van der Waals surface area contributed by atoms with Gasteiger partial charge in [0.2, 0.25) is 0 Å². The first kappa shape index (κ1) is 16.9. The number of carbonyl (C=O) groups is 1. The summed E-state index contributed by atoms with van der Waals surface area (Å²) in [6.07, 6.45) is 7.92. The van der Waals surface area contributed by atoms with Crippen molar-refractivity contribution in [2.75, 3.05) is 20.7 Å². The lowest BCUT2D eigenvalue weighted by molar-refractivity contribution is -0.885. The largest absolute Gasteiger partial charge is 0.497 e. The number of quaternary nitrogens is 1. The Kier molecular flexibility index (Phi) is 4.48. The van der Waals surface area contributed by atoms with Gasteiger partial charge in [-0.05, 0) is 80.5 Å². The van der Waals surface area contributed by atoms with Crippen molar-refractivity contribution in [1.82, 2.24) is 5.32 Å². The van der Waals surface area contributed by atoms with Gasteiger partial charge in [-0.2, -0.15) is 0 Å². The molecule has 2 N–H and O–H groups in total. The fourth-order valence-electron chi connectivity index (χ4n) is 6.03. The highest BCUT2D eigenvalue weighted by molar-refractivity contribution is 5.77. The van der Waals surface area contributed by atoms with Crippen LogP contribution in [-0.4, -0.2) is 32.1 Å². The zero-order chi connectivity index (χ0) is 17.4. The summed E-state index contributed by atoms with van der Waals surface area (Å²) in [5.74, 6) is 3.72. The maximum atomic E-state index is 12.7. The van der Waals surface area contributed by atoms with Crippen molar-refractivity contribution in [1.29, 1.82) is 0 Å². The van der Waals surface area contributed by atoms with Gasteiger partial charge in [-0.1, -0.05) is 0 Å². The Balaban J connectivity index is 1.31. The standard InChI is InChI=1S/C21H30N2O2/c1-23(13-15-3-5-19(25-2)6-4-15)14-20(24)22-21-10-16-7-17(11-21)9-18(8-16)12-21/h3-6,16-18H,7-14H2,1-2H3,(H,22,24)/p+1. The SMILES string of the molecule is COc1ccc(C[NH+](C)CC(=O)NC23CC4CC(CC(C4)C2)C3)cc1. The number of hydrogen-bond donors (Lipinski definition) is 2. The van der Waals surface area contributed by atoms with E-state index < -0.39 is 0 Å². The topological polar surface area (TPSA) is 42.8 Å². The Morgan fingerprint density at radius 1 is 1.12 bits per heavy atom. The molecule has 4 fully saturated rings. The van der Waals surface area contributed by atoms with Crippen molar-refractivity contribution < 1.29 is 14.4 Å². The molecule has 25 heavy (non-hydrogen) atoms. The summed E-state index contributed by atoms with van der Waals surface area (Å²) in [6.45, 7) is 1.41. The Bertz CT molecular complexity index is 590. The van der Waals surface area contributed by atoms with Gasteiger partial charge in [-0.3, -0.25) is 4.79 Å². The molecule has 0 aromatic heterocycles. The first-order valence-corrected chi connectivity index (χ1v) is 9.79. The zero-order valence-electron chi connectivity index (χ0n) is 15.5. The summed E-state index contributed by atoms with van der Waals surface area (Å²) in [6, 6.07) is 8.13. The molecule has 5 rings (SSSR count). The number of likely N-dealkylation sites (N-methyl/N-ethyl adjacent to an activating group) is 1. The number of nitrogens with one attached hydrogen (secondary N) is 2. The summed E-state index contributed by atoms with van der Waals surface area (Å²) in [5, 5.41) is 3.48. The van der Waals surface area contributed by atoms with E-state index in [0.717, 1.165) is 30.0 Å². The molecule has 0 aliphatic heterocycles. The average Bonchev–Trinajstić information content (AvgIpc) is 2.53. The van der Waals surface area contributed by atoms with E-state index in [1.807, 2.05) is 12.1 Å². The molecule has 4 bridgehead atoms. The van der Waals surface area contributed by atoms with Gasteiger partial charge in [-0.15, -0.1) is 0 Å². The highest BCUT2D eigenvalue weighted by atomic mass is 16.5. The van der Waals surface area contributed by atoms with Gasteiger partial charge in [0.25, 0.3) is 5.91 Å². The fourth-order valence-corrected chi connectivity index (χ4v) is 6.03. The molecule has 4 nitrogen and oxygen atoms in total. The van der Waals surface area contributed by atoms with Crippen molar-refractivity contribution in [3.8, 4) is 5.75 Å². The van der Waals surface area contributed by atoms with Gasteiger partial charge in [-0.25, -0.2) is 0 Å². The monoisotopic (exact) mass is 343 g/mol. The molecule has 0 saturated heterocycles. The highest BCUT2D eigenvalue weighted by Crippen LogP contribution is 2.55. The molecule has 4 aliphatic rings. The van der Waals surface area contributed by atoms with E-state index in [1.54, 1.807) is 7.11 Å². The molecule has 1 aromatic rings. The van der Waals surface area contributed by atoms with Crippen LogP contribution in [0.3, 0.4) is 0 Å². The van der Waals surface area contributed by atoms with Gasteiger partial charge >= 0.3 is 0 Å². The Labute approximate surface area is 150 Å². The number of hydrogen-bond acceptors (Lipinski definition) is 2. The van der Waals surface area contributed by atoms with E-state index >= 15 is 0 Å². The number of rotatable bonds is 6. The molecule has 0 heterocycles. The second-order valence-corrected chi connectivity index (χ2v) is 8.90. The Morgan fingerprint density at radius 3 is 2.20 bits per heavy atom. The quantitative estimate of drug-likeness (QED) is 0.827. The van der Waals surface area contributed by atoms with E-state index in [2.05, 4.69) is 24.5 Å². The molecule has 4 aliphatic carbocycles. The predicted molar refractivity (Wildman–Crippen MR) is 97.5 cm³/mol. The summed E-state index contributed by atoms with van der Waals surface area (Å²) in [5.41, 5.74) is 1.37. The van der Waals surface area contributed by atoms with Gasteiger partial charge in [0.1, 0.15) is 12.3 Å². The smallest absolute Gasteiger partial charge is 0.275 e. The van der Waals surface area contributed by atoms with E-state index in [0.29, 0.717) is 6.54 Å². The van der Waals surface area contributed by atoms with E-state index in [-0.39, 0.29) is 11.4 Å². The van der Waals surface area contributed by atoms with E-state index in [9.17, 15) is 4.79 Å². The lowest BCUT2D eigenvalue weighted by atomic mass is 9.53. The minimum absolute atomic E-state index is 0.131.